The zero-order valence-electron chi connectivity index (χ0n) is 9.29. The van der Waals surface area contributed by atoms with E-state index in [0.29, 0.717) is 22.7 Å². The second kappa shape index (κ2) is 4.33. The van der Waals surface area contributed by atoms with Gasteiger partial charge in [0, 0.05) is 24.1 Å². The number of fused-ring (bicyclic) bond motifs is 1. The first-order chi connectivity index (χ1) is 8.83. The van der Waals surface area contributed by atoms with Gasteiger partial charge in [0.25, 0.3) is 5.91 Å². The molecule has 6 heteroatoms. The number of benzene rings is 1. The Morgan fingerprint density at radius 1 is 1.17 bits per heavy atom. The Labute approximate surface area is 103 Å². The van der Waals surface area contributed by atoms with Gasteiger partial charge in [0.05, 0.1) is 5.56 Å². The van der Waals surface area contributed by atoms with Gasteiger partial charge in [0.1, 0.15) is 6.33 Å². The first-order valence-corrected chi connectivity index (χ1v) is 5.29. The third-order valence-electron chi connectivity index (χ3n) is 2.45. The Bertz CT molecular complexity index is 586. The van der Waals surface area contributed by atoms with Gasteiger partial charge < -0.3 is 14.8 Å². The lowest BCUT2D eigenvalue weighted by atomic mass is 10.2. The molecule has 1 aliphatic rings. The van der Waals surface area contributed by atoms with Crippen molar-refractivity contribution in [3.05, 3.63) is 42.5 Å². The molecule has 1 N–H and O–H groups in total. The fourth-order valence-corrected chi connectivity index (χ4v) is 1.59. The lowest BCUT2D eigenvalue weighted by Gasteiger charge is -2.05. The first kappa shape index (κ1) is 10.5. The molecule has 1 amide bonds. The Kier molecular flexibility index (Phi) is 2.53. The van der Waals surface area contributed by atoms with Crippen molar-refractivity contribution in [2.45, 2.75) is 0 Å². The minimum absolute atomic E-state index is 0.208. The fraction of sp³-hybridized carbons (Fsp3) is 0.0833. The number of nitrogens with one attached hydrogen (secondary N) is 1. The second-order valence-electron chi connectivity index (χ2n) is 3.65. The van der Waals surface area contributed by atoms with Gasteiger partial charge in [-0.25, -0.2) is 9.97 Å². The van der Waals surface area contributed by atoms with Crippen LogP contribution in [0.5, 0.6) is 11.5 Å². The maximum Gasteiger partial charge on any atom is 0.258 e. The lowest BCUT2D eigenvalue weighted by molar-refractivity contribution is 0.102. The molecule has 18 heavy (non-hydrogen) atoms. The van der Waals surface area contributed by atoms with Gasteiger partial charge in [-0.15, -0.1) is 0 Å². The van der Waals surface area contributed by atoms with Crippen LogP contribution in [0.3, 0.4) is 0 Å². The molecule has 0 saturated heterocycles. The van der Waals surface area contributed by atoms with Crippen molar-refractivity contribution >= 4 is 11.6 Å². The summed E-state index contributed by atoms with van der Waals surface area (Å²) in [6, 6.07) is 5.21. The predicted octanol–water partition coefficient (Wildman–Crippen LogP) is 1.46. The van der Waals surface area contributed by atoms with Gasteiger partial charge in [0.15, 0.2) is 11.5 Å². The van der Waals surface area contributed by atoms with Crippen LogP contribution in [0.1, 0.15) is 10.4 Å². The van der Waals surface area contributed by atoms with Crippen molar-refractivity contribution < 1.29 is 14.3 Å². The van der Waals surface area contributed by atoms with Crippen LogP contribution in [-0.2, 0) is 0 Å². The van der Waals surface area contributed by atoms with Crippen LogP contribution in [0.4, 0.5) is 5.69 Å². The summed E-state index contributed by atoms with van der Waals surface area (Å²) in [5.74, 6) is 1.03. The fourth-order valence-electron chi connectivity index (χ4n) is 1.59. The number of nitrogens with zero attached hydrogens (tertiary/aromatic N) is 2. The van der Waals surface area contributed by atoms with Crippen LogP contribution < -0.4 is 14.8 Å². The molecule has 0 aliphatic carbocycles. The highest BCUT2D eigenvalue weighted by Gasteiger charge is 2.14. The smallest absolute Gasteiger partial charge is 0.258 e. The highest BCUT2D eigenvalue weighted by molar-refractivity contribution is 6.03. The summed E-state index contributed by atoms with van der Waals surface area (Å²) in [5, 5.41) is 2.73. The largest absolute Gasteiger partial charge is 0.454 e. The highest BCUT2D eigenvalue weighted by Crippen LogP contribution is 2.34. The molecule has 1 aliphatic heterocycles. The molecule has 3 rings (SSSR count). The standard InChI is InChI=1S/C12H9N3O3/c16-12(8-4-13-6-14-5-8)15-9-1-2-10-11(3-9)18-7-17-10/h1-6H,7H2,(H,15,16). The summed E-state index contributed by atoms with van der Waals surface area (Å²) in [6.45, 7) is 0.208. The molecule has 2 heterocycles. The second-order valence-corrected chi connectivity index (χ2v) is 3.65. The normalized spacial score (nSPS) is 12.2. The van der Waals surface area contributed by atoms with Crippen molar-refractivity contribution in [3.63, 3.8) is 0 Å². The quantitative estimate of drug-likeness (QED) is 0.864. The van der Waals surface area contributed by atoms with Crippen LogP contribution in [0.2, 0.25) is 0 Å². The summed E-state index contributed by atoms with van der Waals surface area (Å²) < 4.78 is 10.4. The number of aromatic nitrogens is 2. The number of hydrogen-bond donors (Lipinski definition) is 1. The van der Waals surface area contributed by atoms with E-state index >= 15 is 0 Å². The van der Waals surface area contributed by atoms with Crippen LogP contribution in [-0.4, -0.2) is 22.7 Å². The van der Waals surface area contributed by atoms with E-state index in [4.69, 9.17) is 9.47 Å². The molecular formula is C12H9N3O3. The summed E-state index contributed by atoms with van der Waals surface area (Å²) in [4.78, 5) is 19.4. The zero-order valence-corrected chi connectivity index (χ0v) is 9.29. The molecule has 6 nitrogen and oxygen atoms in total. The summed E-state index contributed by atoms with van der Waals surface area (Å²) in [7, 11) is 0. The minimum Gasteiger partial charge on any atom is -0.454 e. The van der Waals surface area contributed by atoms with E-state index in [1.165, 1.54) is 18.7 Å². The van der Waals surface area contributed by atoms with Gasteiger partial charge in [0.2, 0.25) is 6.79 Å². The summed E-state index contributed by atoms with van der Waals surface area (Å²) in [6.07, 6.45) is 4.28. The average molecular weight is 243 g/mol. The summed E-state index contributed by atoms with van der Waals surface area (Å²) in [5.41, 5.74) is 1.03. The molecule has 0 atom stereocenters. The zero-order chi connectivity index (χ0) is 12.4. The van der Waals surface area contributed by atoms with Crippen LogP contribution in [0, 0.1) is 0 Å². The van der Waals surface area contributed by atoms with E-state index in [9.17, 15) is 4.79 Å². The SMILES string of the molecule is O=C(Nc1ccc2c(c1)OCO2)c1cncnc1. The number of carbonyl (C=O) groups is 1. The molecular weight excluding hydrogens is 234 g/mol. The topological polar surface area (TPSA) is 73.3 Å². The number of hydrogen-bond acceptors (Lipinski definition) is 5. The van der Waals surface area contributed by atoms with Gasteiger partial charge >= 0.3 is 0 Å². The van der Waals surface area contributed by atoms with Gasteiger partial charge in [-0.3, -0.25) is 4.79 Å². The van der Waals surface area contributed by atoms with E-state index in [2.05, 4.69) is 15.3 Å². The molecule has 0 bridgehead atoms. The molecule has 1 aromatic heterocycles. The highest BCUT2D eigenvalue weighted by atomic mass is 16.7. The van der Waals surface area contributed by atoms with Crippen molar-refractivity contribution in [1.82, 2.24) is 9.97 Å². The predicted molar refractivity (Wildman–Crippen MR) is 62.6 cm³/mol. The Hall–Kier alpha value is -2.63. The van der Waals surface area contributed by atoms with E-state index in [-0.39, 0.29) is 12.7 Å². The van der Waals surface area contributed by atoms with Gasteiger partial charge in [-0.1, -0.05) is 0 Å². The number of carbonyl (C=O) groups excluding carboxylic acids is 1. The molecule has 2 aromatic rings. The van der Waals surface area contributed by atoms with Crippen LogP contribution >= 0.6 is 0 Å². The monoisotopic (exact) mass is 243 g/mol. The van der Waals surface area contributed by atoms with Crippen molar-refractivity contribution in [1.29, 1.82) is 0 Å². The van der Waals surface area contributed by atoms with Gasteiger partial charge in [-0.05, 0) is 12.1 Å². The van der Waals surface area contributed by atoms with E-state index in [1.54, 1.807) is 18.2 Å². The van der Waals surface area contributed by atoms with Crippen molar-refractivity contribution in [2.24, 2.45) is 0 Å². The van der Waals surface area contributed by atoms with Gasteiger partial charge in [-0.2, -0.15) is 0 Å². The Morgan fingerprint density at radius 2 is 1.94 bits per heavy atom. The number of rotatable bonds is 2. The van der Waals surface area contributed by atoms with E-state index in [0.717, 1.165) is 0 Å². The maximum absolute atomic E-state index is 11.9. The molecule has 0 radical (unpaired) electrons. The molecule has 90 valence electrons. The number of anilines is 1. The van der Waals surface area contributed by atoms with Crippen LogP contribution in [0.15, 0.2) is 36.9 Å². The molecule has 0 unspecified atom stereocenters. The van der Waals surface area contributed by atoms with E-state index < -0.39 is 0 Å². The first-order valence-electron chi connectivity index (χ1n) is 5.29. The average Bonchev–Trinajstić information content (AvgIpc) is 2.87. The third-order valence-corrected chi connectivity index (χ3v) is 2.45. The molecule has 0 saturated carbocycles. The van der Waals surface area contributed by atoms with E-state index in [1.807, 2.05) is 0 Å². The number of ether oxygens (including phenoxy) is 2. The van der Waals surface area contributed by atoms with Crippen LogP contribution in [0.25, 0.3) is 0 Å². The number of amides is 1. The lowest BCUT2D eigenvalue weighted by Crippen LogP contribution is -2.12. The van der Waals surface area contributed by atoms with Crippen molar-refractivity contribution in [3.8, 4) is 11.5 Å². The molecule has 0 fully saturated rings. The molecule has 1 aromatic carbocycles. The minimum atomic E-state index is -0.269. The van der Waals surface area contributed by atoms with Crippen molar-refractivity contribution in [2.75, 3.05) is 12.1 Å². The Morgan fingerprint density at radius 3 is 2.78 bits per heavy atom. The summed E-state index contributed by atoms with van der Waals surface area (Å²) >= 11 is 0. The third kappa shape index (κ3) is 1.95. The maximum atomic E-state index is 11.9. The molecule has 0 spiro atoms. The Balaban J connectivity index is 1.79.